The lowest BCUT2D eigenvalue weighted by Crippen LogP contribution is -2.52. The normalized spacial score (nSPS) is 12.2. The fourth-order valence-electron chi connectivity index (χ4n) is 3.68. The second kappa shape index (κ2) is 12.8. The standard InChI is InChI=1S/C27H28Cl3N3O4S/c1-18(2)31-27(35)19(3)32(16-20-9-14-24(29)25(30)15-20)26(34)17-33(22-7-5-4-6-8-22)38(36,37)23-12-10-21(28)11-13-23/h4-15,18-19H,16-17H2,1-3H3,(H,31,35)/t19-/m0/s1. The van der Waals surface area contributed by atoms with Gasteiger partial charge in [0.15, 0.2) is 0 Å². The number of halogens is 3. The molecule has 0 saturated heterocycles. The highest BCUT2D eigenvalue weighted by molar-refractivity contribution is 7.92. The number of nitrogens with zero attached hydrogens (tertiary/aromatic N) is 2. The van der Waals surface area contributed by atoms with Crippen molar-refractivity contribution in [2.24, 2.45) is 0 Å². The van der Waals surface area contributed by atoms with Crippen molar-refractivity contribution in [2.75, 3.05) is 10.8 Å². The molecule has 3 rings (SSSR count). The minimum atomic E-state index is -4.16. The van der Waals surface area contributed by atoms with Crippen LogP contribution in [0, 0.1) is 0 Å². The number of carbonyl (C=O) groups is 2. The largest absolute Gasteiger partial charge is 0.352 e. The van der Waals surface area contributed by atoms with E-state index in [9.17, 15) is 18.0 Å². The highest BCUT2D eigenvalue weighted by Gasteiger charge is 2.32. The van der Waals surface area contributed by atoms with Gasteiger partial charge in [0.05, 0.1) is 20.6 Å². The molecule has 1 atom stereocenters. The molecule has 202 valence electrons. The van der Waals surface area contributed by atoms with Crippen LogP contribution >= 0.6 is 34.8 Å². The van der Waals surface area contributed by atoms with E-state index in [0.29, 0.717) is 26.3 Å². The Kier molecular flexibility index (Phi) is 10.1. The SMILES string of the molecule is CC(C)NC(=O)[C@H](C)N(Cc1ccc(Cl)c(Cl)c1)C(=O)CN(c1ccccc1)S(=O)(=O)c1ccc(Cl)cc1. The first-order valence-corrected chi connectivity index (χ1v) is 14.3. The van der Waals surface area contributed by atoms with E-state index in [-0.39, 0.29) is 23.4 Å². The average molecular weight is 597 g/mol. The molecule has 1 N–H and O–H groups in total. The van der Waals surface area contributed by atoms with Crippen LogP contribution in [0.25, 0.3) is 0 Å². The Hall–Kier alpha value is -2.78. The van der Waals surface area contributed by atoms with Crippen LogP contribution in [0.3, 0.4) is 0 Å². The number of sulfonamides is 1. The fourth-order valence-corrected chi connectivity index (χ4v) is 5.54. The van der Waals surface area contributed by atoms with Gasteiger partial charge in [-0.05, 0) is 74.9 Å². The molecule has 0 aromatic heterocycles. The monoisotopic (exact) mass is 595 g/mol. The molecule has 2 amide bonds. The molecule has 0 fully saturated rings. The highest BCUT2D eigenvalue weighted by Crippen LogP contribution is 2.26. The Bertz CT molecular complexity index is 1380. The second-order valence-corrected chi connectivity index (χ2v) is 12.0. The lowest BCUT2D eigenvalue weighted by molar-refractivity contribution is -0.139. The Labute approximate surface area is 238 Å². The molecule has 0 spiro atoms. The van der Waals surface area contributed by atoms with Gasteiger partial charge in [-0.2, -0.15) is 0 Å². The molecule has 0 aliphatic heterocycles. The third-order valence-corrected chi connectivity index (χ3v) is 8.44. The molecule has 0 unspecified atom stereocenters. The third-order valence-electron chi connectivity index (χ3n) is 5.66. The number of hydrogen-bond donors (Lipinski definition) is 1. The Balaban J connectivity index is 2.01. The van der Waals surface area contributed by atoms with Crippen LogP contribution in [-0.4, -0.2) is 43.8 Å². The smallest absolute Gasteiger partial charge is 0.264 e. The number of hydrogen-bond acceptors (Lipinski definition) is 4. The van der Waals surface area contributed by atoms with Gasteiger partial charge in [0.1, 0.15) is 12.6 Å². The second-order valence-electron chi connectivity index (χ2n) is 8.91. The summed E-state index contributed by atoms with van der Waals surface area (Å²) in [5.41, 5.74) is 0.924. The van der Waals surface area contributed by atoms with Crippen molar-refractivity contribution in [3.63, 3.8) is 0 Å². The summed E-state index contributed by atoms with van der Waals surface area (Å²) < 4.78 is 28.4. The van der Waals surface area contributed by atoms with Crippen molar-refractivity contribution in [1.82, 2.24) is 10.2 Å². The molecule has 0 bridgehead atoms. The van der Waals surface area contributed by atoms with E-state index in [1.54, 1.807) is 55.5 Å². The van der Waals surface area contributed by atoms with E-state index < -0.39 is 28.5 Å². The first-order chi connectivity index (χ1) is 17.9. The molecule has 7 nitrogen and oxygen atoms in total. The summed E-state index contributed by atoms with van der Waals surface area (Å²) in [5, 5.41) is 3.83. The van der Waals surface area contributed by atoms with E-state index in [2.05, 4.69) is 5.32 Å². The maximum absolute atomic E-state index is 13.8. The molecular weight excluding hydrogens is 569 g/mol. The summed E-state index contributed by atoms with van der Waals surface area (Å²) in [6.45, 7) is 4.67. The molecule has 11 heteroatoms. The Morgan fingerprint density at radius 1 is 0.868 bits per heavy atom. The summed E-state index contributed by atoms with van der Waals surface area (Å²) >= 11 is 18.2. The first-order valence-electron chi connectivity index (χ1n) is 11.8. The lowest BCUT2D eigenvalue weighted by Gasteiger charge is -2.32. The van der Waals surface area contributed by atoms with E-state index in [1.807, 2.05) is 13.8 Å². The molecule has 0 heterocycles. The molecule has 0 aliphatic carbocycles. The van der Waals surface area contributed by atoms with Crippen molar-refractivity contribution in [1.29, 1.82) is 0 Å². The summed E-state index contributed by atoms with van der Waals surface area (Å²) in [7, 11) is -4.16. The summed E-state index contributed by atoms with van der Waals surface area (Å²) in [5.74, 6) is -0.955. The van der Waals surface area contributed by atoms with Crippen LogP contribution in [0.5, 0.6) is 0 Å². The number of anilines is 1. The van der Waals surface area contributed by atoms with E-state index in [4.69, 9.17) is 34.8 Å². The van der Waals surface area contributed by atoms with Crippen LogP contribution in [0.4, 0.5) is 5.69 Å². The van der Waals surface area contributed by atoms with Crippen molar-refractivity contribution < 1.29 is 18.0 Å². The maximum Gasteiger partial charge on any atom is 0.264 e. The number of rotatable bonds is 10. The third kappa shape index (κ3) is 7.41. The fraction of sp³-hybridized carbons (Fsp3) is 0.259. The molecule has 0 aliphatic rings. The predicted molar refractivity (Wildman–Crippen MR) is 152 cm³/mol. The summed E-state index contributed by atoms with van der Waals surface area (Å²) in [4.78, 5) is 28.0. The van der Waals surface area contributed by atoms with E-state index in [1.165, 1.54) is 29.2 Å². The number of carbonyl (C=O) groups excluding carboxylic acids is 2. The van der Waals surface area contributed by atoms with Crippen LogP contribution in [0.1, 0.15) is 26.3 Å². The van der Waals surface area contributed by atoms with Crippen LogP contribution < -0.4 is 9.62 Å². The quantitative estimate of drug-likeness (QED) is 0.321. The molecule has 3 aromatic rings. The number of benzene rings is 3. The van der Waals surface area contributed by atoms with Crippen molar-refractivity contribution in [2.45, 2.75) is 44.3 Å². The molecule has 3 aromatic carbocycles. The number of nitrogens with one attached hydrogen (secondary N) is 1. The van der Waals surface area contributed by atoms with Gasteiger partial charge in [-0.15, -0.1) is 0 Å². The zero-order valence-electron chi connectivity index (χ0n) is 21.1. The minimum Gasteiger partial charge on any atom is -0.352 e. The minimum absolute atomic E-state index is 0.00598. The van der Waals surface area contributed by atoms with Gasteiger partial charge in [-0.3, -0.25) is 13.9 Å². The van der Waals surface area contributed by atoms with Crippen LogP contribution in [0.2, 0.25) is 15.1 Å². The van der Waals surface area contributed by atoms with Gasteiger partial charge in [-0.25, -0.2) is 8.42 Å². The molecule has 0 saturated carbocycles. The molecule has 38 heavy (non-hydrogen) atoms. The summed E-state index contributed by atoms with van der Waals surface area (Å²) in [6, 6.07) is 17.8. The van der Waals surface area contributed by atoms with Crippen molar-refractivity contribution >= 4 is 62.3 Å². The van der Waals surface area contributed by atoms with Crippen molar-refractivity contribution in [3.05, 3.63) is 93.4 Å². The van der Waals surface area contributed by atoms with Gasteiger partial charge in [0, 0.05) is 17.6 Å². The van der Waals surface area contributed by atoms with Gasteiger partial charge in [0.2, 0.25) is 11.8 Å². The van der Waals surface area contributed by atoms with Crippen LogP contribution in [-0.2, 0) is 26.2 Å². The number of amides is 2. The van der Waals surface area contributed by atoms with Crippen LogP contribution in [0.15, 0.2) is 77.7 Å². The van der Waals surface area contributed by atoms with Gasteiger partial charge < -0.3 is 10.2 Å². The van der Waals surface area contributed by atoms with E-state index in [0.717, 1.165) is 4.31 Å². The zero-order valence-corrected chi connectivity index (χ0v) is 24.2. The highest BCUT2D eigenvalue weighted by atomic mass is 35.5. The maximum atomic E-state index is 13.8. The zero-order chi connectivity index (χ0) is 28.0. The van der Waals surface area contributed by atoms with Gasteiger partial charge in [0.25, 0.3) is 10.0 Å². The predicted octanol–water partition coefficient (Wildman–Crippen LogP) is 5.78. The Morgan fingerprint density at radius 3 is 2.08 bits per heavy atom. The first kappa shape index (κ1) is 29.8. The van der Waals surface area contributed by atoms with Gasteiger partial charge >= 0.3 is 0 Å². The average Bonchev–Trinajstić information content (AvgIpc) is 2.87. The summed E-state index contributed by atoms with van der Waals surface area (Å²) in [6.07, 6.45) is 0. The topological polar surface area (TPSA) is 86.8 Å². The Morgan fingerprint density at radius 2 is 1.50 bits per heavy atom. The van der Waals surface area contributed by atoms with E-state index >= 15 is 0 Å². The van der Waals surface area contributed by atoms with Crippen molar-refractivity contribution in [3.8, 4) is 0 Å². The lowest BCUT2D eigenvalue weighted by atomic mass is 10.1. The van der Waals surface area contributed by atoms with Gasteiger partial charge in [-0.1, -0.05) is 59.1 Å². The molecular formula is C27H28Cl3N3O4S. The number of para-hydroxylation sites is 1. The molecule has 0 radical (unpaired) electrons.